The van der Waals surface area contributed by atoms with Crippen molar-refractivity contribution >= 4 is 28.4 Å². The molecule has 5 nitrogen and oxygen atoms in total. The largest absolute Gasteiger partial charge is 0.328 e. The van der Waals surface area contributed by atoms with Crippen molar-refractivity contribution in [3.8, 4) is 0 Å². The molecule has 1 aliphatic heterocycles. The zero-order chi connectivity index (χ0) is 13.7. The van der Waals surface area contributed by atoms with Crippen LogP contribution in [-0.2, 0) is 13.6 Å². The minimum absolute atomic E-state index is 0.0401. The predicted molar refractivity (Wildman–Crippen MR) is 78.5 cm³/mol. The Morgan fingerprint density at radius 3 is 3.00 bits per heavy atom. The minimum atomic E-state index is 0.0401. The number of aromatic nitrogens is 3. The number of benzene rings is 1. The molecular weight excluding hydrogens is 272 g/mol. The fraction of sp³-hybridized carbons (Fsp3) is 0.214. The van der Waals surface area contributed by atoms with Crippen LogP contribution in [0.1, 0.15) is 5.82 Å². The third-order valence-corrected chi connectivity index (χ3v) is 4.59. The lowest BCUT2D eigenvalue weighted by Crippen LogP contribution is -2.29. The van der Waals surface area contributed by atoms with Crippen LogP contribution in [0.2, 0.25) is 0 Å². The molecule has 100 valence electrons. The normalized spacial score (nSPS) is 14.8. The average Bonchev–Trinajstić information content (AvgIpc) is 3.10. The second-order valence-corrected chi connectivity index (χ2v) is 5.76. The molecule has 1 aliphatic rings. The highest BCUT2D eigenvalue weighted by molar-refractivity contribution is 7.07. The lowest BCUT2D eigenvalue weighted by atomic mass is 10.3. The standard InChI is InChI=1S/C14H12N4OS/c1-17-10-5-3-2-4-9(10)16-12(17)8-11-13(19)18-7-6-15-14(18)20-11/h2-5,8H,6-7H2,1H3/b11-8+. The number of imidazole rings is 1. The maximum atomic E-state index is 12.2. The Bertz CT molecular complexity index is 993. The molecule has 0 spiro atoms. The van der Waals surface area contributed by atoms with Crippen LogP contribution in [0.4, 0.5) is 0 Å². The summed E-state index contributed by atoms with van der Waals surface area (Å²) in [5.41, 5.74) is 2.04. The van der Waals surface area contributed by atoms with Crippen LogP contribution in [-0.4, -0.2) is 20.7 Å². The summed E-state index contributed by atoms with van der Waals surface area (Å²) >= 11 is 1.44. The van der Waals surface area contributed by atoms with Crippen LogP contribution in [0.3, 0.4) is 0 Å². The van der Waals surface area contributed by atoms with Crippen molar-refractivity contribution in [1.29, 1.82) is 0 Å². The molecule has 4 rings (SSSR count). The first-order valence-corrected chi connectivity index (χ1v) is 7.23. The summed E-state index contributed by atoms with van der Waals surface area (Å²) < 4.78 is 4.43. The van der Waals surface area contributed by atoms with Crippen molar-refractivity contribution in [3.63, 3.8) is 0 Å². The van der Waals surface area contributed by atoms with Gasteiger partial charge in [0.05, 0.1) is 22.1 Å². The highest BCUT2D eigenvalue weighted by atomic mass is 32.1. The van der Waals surface area contributed by atoms with E-state index < -0.39 is 0 Å². The van der Waals surface area contributed by atoms with E-state index in [0.29, 0.717) is 17.6 Å². The fourth-order valence-electron chi connectivity index (χ4n) is 2.48. The van der Waals surface area contributed by atoms with Gasteiger partial charge in [0.25, 0.3) is 5.56 Å². The molecule has 0 fully saturated rings. The van der Waals surface area contributed by atoms with Gasteiger partial charge in [-0.3, -0.25) is 14.4 Å². The first-order valence-electron chi connectivity index (χ1n) is 6.41. The lowest BCUT2D eigenvalue weighted by molar-refractivity contribution is 0.740. The molecule has 0 atom stereocenters. The maximum Gasteiger partial charge on any atom is 0.270 e. The van der Waals surface area contributed by atoms with Gasteiger partial charge in [0, 0.05) is 19.7 Å². The topological polar surface area (TPSA) is 52.2 Å². The molecule has 20 heavy (non-hydrogen) atoms. The molecule has 0 aliphatic carbocycles. The van der Waals surface area contributed by atoms with Crippen LogP contribution < -0.4 is 14.9 Å². The van der Waals surface area contributed by atoms with Crippen LogP contribution in [0, 0.1) is 0 Å². The summed E-state index contributed by atoms with van der Waals surface area (Å²) in [7, 11) is 1.96. The number of fused-ring (bicyclic) bond motifs is 2. The van der Waals surface area contributed by atoms with Crippen molar-refractivity contribution in [3.05, 3.63) is 49.8 Å². The number of para-hydroxylation sites is 2. The van der Waals surface area contributed by atoms with E-state index in [2.05, 4.69) is 9.98 Å². The van der Waals surface area contributed by atoms with Gasteiger partial charge in [-0.1, -0.05) is 23.5 Å². The summed E-state index contributed by atoms with van der Waals surface area (Å²) in [6.45, 7) is 1.41. The van der Waals surface area contributed by atoms with Crippen molar-refractivity contribution in [2.75, 3.05) is 6.54 Å². The van der Waals surface area contributed by atoms with E-state index in [9.17, 15) is 4.79 Å². The monoisotopic (exact) mass is 284 g/mol. The van der Waals surface area contributed by atoms with Gasteiger partial charge in [-0.15, -0.1) is 0 Å². The van der Waals surface area contributed by atoms with Gasteiger partial charge in [0.1, 0.15) is 5.82 Å². The van der Waals surface area contributed by atoms with Crippen molar-refractivity contribution in [2.45, 2.75) is 6.54 Å². The van der Waals surface area contributed by atoms with Gasteiger partial charge in [-0.05, 0) is 12.1 Å². The summed E-state index contributed by atoms with van der Waals surface area (Å²) in [4.78, 5) is 21.9. The summed E-state index contributed by atoms with van der Waals surface area (Å²) in [5.74, 6) is 0.795. The van der Waals surface area contributed by atoms with Crippen molar-refractivity contribution < 1.29 is 0 Å². The first-order chi connectivity index (χ1) is 9.74. The number of aryl methyl sites for hydroxylation is 1. The molecule has 3 aromatic rings. The van der Waals surface area contributed by atoms with Gasteiger partial charge in [0.2, 0.25) is 0 Å². The summed E-state index contributed by atoms with van der Waals surface area (Å²) in [6.07, 6.45) is 1.86. The third kappa shape index (κ3) is 1.58. The van der Waals surface area contributed by atoms with Crippen LogP contribution in [0.15, 0.2) is 34.1 Å². The van der Waals surface area contributed by atoms with Gasteiger partial charge < -0.3 is 4.57 Å². The van der Waals surface area contributed by atoms with Crippen LogP contribution in [0.5, 0.6) is 0 Å². The quantitative estimate of drug-likeness (QED) is 0.643. The molecule has 6 heteroatoms. The van der Waals surface area contributed by atoms with Gasteiger partial charge >= 0.3 is 0 Å². The molecule has 0 saturated carbocycles. The Labute approximate surface area is 118 Å². The first kappa shape index (κ1) is 11.6. The fourth-order valence-corrected chi connectivity index (χ4v) is 3.48. The third-order valence-electron chi connectivity index (χ3n) is 3.54. The summed E-state index contributed by atoms with van der Waals surface area (Å²) in [5, 5.41) is 0. The Morgan fingerprint density at radius 2 is 2.20 bits per heavy atom. The van der Waals surface area contributed by atoms with E-state index in [1.165, 1.54) is 11.3 Å². The summed E-state index contributed by atoms with van der Waals surface area (Å²) in [6, 6.07) is 7.95. The molecular formula is C14H12N4OS. The number of hydrogen-bond donors (Lipinski definition) is 0. The number of thiazole rings is 1. The average molecular weight is 284 g/mol. The van der Waals surface area contributed by atoms with Crippen LogP contribution >= 0.6 is 11.3 Å². The second-order valence-electron chi connectivity index (χ2n) is 4.75. The zero-order valence-corrected chi connectivity index (χ0v) is 11.7. The Kier molecular flexibility index (Phi) is 2.40. The molecule has 0 amide bonds. The Balaban J connectivity index is 1.99. The smallest absolute Gasteiger partial charge is 0.270 e. The molecule has 3 heterocycles. The highest BCUT2D eigenvalue weighted by Gasteiger charge is 2.11. The van der Waals surface area contributed by atoms with Gasteiger partial charge in [0.15, 0.2) is 4.80 Å². The number of nitrogens with zero attached hydrogens (tertiary/aromatic N) is 4. The van der Waals surface area contributed by atoms with E-state index in [4.69, 9.17) is 0 Å². The lowest BCUT2D eigenvalue weighted by Gasteiger charge is -1.95. The van der Waals surface area contributed by atoms with Gasteiger partial charge in [-0.25, -0.2) is 4.98 Å². The molecule has 0 unspecified atom stereocenters. The number of hydrogen-bond acceptors (Lipinski definition) is 4. The zero-order valence-electron chi connectivity index (χ0n) is 10.9. The Hall–Kier alpha value is -2.21. The molecule has 0 N–H and O–H groups in total. The van der Waals surface area contributed by atoms with Crippen LogP contribution in [0.25, 0.3) is 17.1 Å². The van der Waals surface area contributed by atoms with Crippen molar-refractivity contribution in [2.24, 2.45) is 12.0 Å². The van der Waals surface area contributed by atoms with E-state index in [0.717, 1.165) is 21.7 Å². The minimum Gasteiger partial charge on any atom is -0.328 e. The highest BCUT2D eigenvalue weighted by Crippen LogP contribution is 2.14. The molecule has 0 saturated heterocycles. The number of rotatable bonds is 1. The van der Waals surface area contributed by atoms with Crippen molar-refractivity contribution in [1.82, 2.24) is 14.1 Å². The molecule has 0 bridgehead atoms. The van der Waals surface area contributed by atoms with E-state index in [1.807, 2.05) is 42.0 Å². The SMILES string of the molecule is Cn1c(/C=c2/sc3n(c2=O)CCN=3)nc2ccccc21. The second kappa shape index (κ2) is 4.14. The molecule has 2 aromatic heterocycles. The van der Waals surface area contributed by atoms with E-state index in [1.54, 1.807) is 4.57 Å². The molecule has 1 aromatic carbocycles. The Morgan fingerprint density at radius 1 is 1.35 bits per heavy atom. The van der Waals surface area contributed by atoms with E-state index in [-0.39, 0.29) is 5.56 Å². The predicted octanol–water partition coefficient (Wildman–Crippen LogP) is 0.258. The maximum absolute atomic E-state index is 12.2. The molecule has 0 radical (unpaired) electrons. The van der Waals surface area contributed by atoms with Gasteiger partial charge in [-0.2, -0.15) is 0 Å². The van der Waals surface area contributed by atoms with E-state index >= 15 is 0 Å².